The SMILES string of the molecule is CCCC(OC(CCC)C(C)(C)CC)C(C)(C)CC. The Morgan fingerprint density at radius 1 is 0.684 bits per heavy atom. The first kappa shape index (κ1) is 19.0. The minimum absolute atomic E-state index is 0.284. The molecular weight excluding hydrogens is 232 g/mol. The van der Waals surface area contributed by atoms with Crippen molar-refractivity contribution in [2.24, 2.45) is 10.8 Å². The van der Waals surface area contributed by atoms with Crippen molar-refractivity contribution in [2.75, 3.05) is 0 Å². The number of hydrogen-bond acceptors (Lipinski definition) is 1. The molecule has 0 aliphatic heterocycles. The van der Waals surface area contributed by atoms with E-state index >= 15 is 0 Å². The lowest BCUT2D eigenvalue weighted by atomic mass is 9.79. The van der Waals surface area contributed by atoms with Gasteiger partial charge in [-0.15, -0.1) is 0 Å². The summed E-state index contributed by atoms with van der Waals surface area (Å²) in [6.07, 6.45) is 7.93. The second-order valence-electron chi connectivity index (χ2n) is 7.37. The highest BCUT2D eigenvalue weighted by atomic mass is 16.5. The van der Waals surface area contributed by atoms with Crippen LogP contribution in [0.2, 0.25) is 0 Å². The molecule has 2 unspecified atom stereocenters. The molecule has 1 heteroatoms. The molecule has 0 spiro atoms. The van der Waals surface area contributed by atoms with Gasteiger partial charge in [0.15, 0.2) is 0 Å². The molecule has 0 rings (SSSR count). The molecule has 0 fully saturated rings. The van der Waals surface area contributed by atoms with E-state index in [2.05, 4.69) is 55.4 Å². The molecule has 0 heterocycles. The lowest BCUT2D eigenvalue weighted by Gasteiger charge is -2.41. The monoisotopic (exact) mass is 270 g/mol. The van der Waals surface area contributed by atoms with Crippen molar-refractivity contribution in [1.29, 1.82) is 0 Å². The third kappa shape index (κ3) is 5.85. The average Bonchev–Trinajstić information content (AvgIpc) is 2.37. The Bertz CT molecular complexity index is 206. The molecule has 0 saturated carbocycles. The Hall–Kier alpha value is -0.0400. The minimum atomic E-state index is 0.284. The highest BCUT2D eigenvalue weighted by Crippen LogP contribution is 2.37. The van der Waals surface area contributed by atoms with Crippen LogP contribution in [0.3, 0.4) is 0 Å². The molecule has 0 amide bonds. The first-order chi connectivity index (χ1) is 8.75. The van der Waals surface area contributed by atoms with Crippen molar-refractivity contribution >= 4 is 0 Å². The van der Waals surface area contributed by atoms with Crippen LogP contribution < -0.4 is 0 Å². The molecule has 0 aromatic rings. The van der Waals surface area contributed by atoms with Crippen molar-refractivity contribution in [3.05, 3.63) is 0 Å². The van der Waals surface area contributed by atoms with E-state index in [1.165, 1.54) is 38.5 Å². The van der Waals surface area contributed by atoms with Crippen molar-refractivity contribution in [1.82, 2.24) is 0 Å². The number of hydrogen-bond donors (Lipinski definition) is 0. The van der Waals surface area contributed by atoms with Gasteiger partial charge >= 0.3 is 0 Å². The van der Waals surface area contributed by atoms with E-state index in [-0.39, 0.29) is 10.8 Å². The molecule has 0 aromatic carbocycles. The summed E-state index contributed by atoms with van der Waals surface area (Å²) in [6, 6.07) is 0. The molecule has 19 heavy (non-hydrogen) atoms. The van der Waals surface area contributed by atoms with Gasteiger partial charge in [0.2, 0.25) is 0 Å². The van der Waals surface area contributed by atoms with Gasteiger partial charge in [0.05, 0.1) is 12.2 Å². The fraction of sp³-hybridized carbons (Fsp3) is 1.00. The summed E-state index contributed by atoms with van der Waals surface area (Å²) in [6.45, 7) is 18.5. The third-order valence-corrected chi connectivity index (χ3v) is 5.00. The highest BCUT2D eigenvalue weighted by Gasteiger charge is 2.35. The van der Waals surface area contributed by atoms with E-state index in [4.69, 9.17) is 4.74 Å². The lowest BCUT2D eigenvalue weighted by molar-refractivity contribution is -0.122. The first-order valence-electron chi connectivity index (χ1n) is 8.40. The smallest absolute Gasteiger partial charge is 0.0629 e. The van der Waals surface area contributed by atoms with Gasteiger partial charge in [0.1, 0.15) is 0 Å². The van der Waals surface area contributed by atoms with Crippen LogP contribution in [0.5, 0.6) is 0 Å². The van der Waals surface area contributed by atoms with Gasteiger partial charge in [0.25, 0.3) is 0 Å². The number of rotatable bonds is 10. The molecule has 0 aliphatic carbocycles. The predicted octanol–water partition coefficient (Wildman–Crippen LogP) is 6.21. The maximum Gasteiger partial charge on any atom is 0.0629 e. The maximum absolute atomic E-state index is 6.64. The standard InChI is InChI=1S/C18H38O/c1-9-13-15(17(5,6)11-3)19-16(14-10-2)18(7,8)12-4/h15-16H,9-14H2,1-8H3. The molecule has 0 saturated heterocycles. The van der Waals surface area contributed by atoms with Gasteiger partial charge < -0.3 is 4.74 Å². The van der Waals surface area contributed by atoms with Crippen LogP contribution in [0.1, 0.15) is 93.9 Å². The molecule has 0 N–H and O–H groups in total. The van der Waals surface area contributed by atoms with Gasteiger partial charge in [-0.25, -0.2) is 0 Å². The summed E-state index contributed by atoms with van der Waals surface area (Å²) in [5.41, 5.74) is 0.567. The molecule has 0 bridgehead atoms. The normalized spacial score (nSPS) is 16.4. The Kier molecular flexibility index (Phi) is 8.27. The van der Waals surface area contributed by atoms with Gasteiger partial charge in [-0.05, 0) is 36.5 Å². The molecule has 116 valence electrons. The van der Waals surface area contributed by atoms with Crippen molar-refractivity contribution in [3.63, 3.8) is 0 Å². The molecule has 2 atom stereocenters. The summed E-state index contributed by atoms with van der Waals surface area (Å²) < 4.78 is 6.64. The van der Waals surface area contributed by atoms with Crippen molar-refractivity contribution in [2.45, 2.75) is 106 Å². The van der Waals surface area contributed by atoms with E-state index < -0.39 is 0 Å². The predicted molar refractivity (Wildman–Crippen MR) is 86.6 cm³/mol. The van der Waals surface area contributed by atoms with Gasteiger partial charge in [0, 0.05) is 0 Å². The maximum atomic E-state index is 6.64. The average molecular weight is 271 g/mol. The zero-order chi connectivity index (χ0) is 15.1. The van der Waals surface area contributed by atoms with Crippen molar-refractivity contribution in [3.8, 4) is 0 Å². The summed E-state index contributed by atoms with van der Waals surface area (Å²) in [4.78, 5) is 0. The van der Waals surface area contributed by atoms with Crippen LogP contribution in [0, 0.1) is 10.8 Å². The second-order valence-corrected chi connectivity index (χ2v) is 7.37. The highest BCUT2D eigenvalue weighted by molar-refractivity contribution is 4.84. The Morgan fingerprint density at radius 3 is 1.21 bits per heavy atom. The fourth-order valence-corrected chi connectivity index (χ4v) is 2.46. The Labute approximate surface area is 122 Å². The van der Waals surface area contributed by atoms with Crippen LogP contribution in [0.25, 0.3) is 0 Å². The molecular formula is C18H38O. The van der Waals surface area contributed by atoms with E-state index in [0.717, 1.165) is 0 Å². The largest absolute Gasteiger partial charge is 0.374 e. The molecule has 1 nitrogen and oxygen atoms in total. The van der Waals surface area contributed by atoms with Crippen LogP contribution in [0.4, 0.5) is 0 Å². The Balaban J connectivity index is 4.94. The summed E-state index contributed by atoms with van der Waals surface area (Å²) in [5, 5.41) is 0. The third-order valence-electron chi connectivity index (χ3n) is 5.00. The topological polar surface area (TPSA) is 9.23 Å². The zero-order valence-corrected chi connectivity index (χ0v) is 14.8. The van der Waals surface area contributed by atoms with Crippen LogP contribution in [-0.4, -0.2) is 12.2 Å². The van der Waals surface area contributed by atoms with Gasteiger partial charge in [-0.3, -0.25) is 0 Å². The van der Waals surface area contributed by atoms with Crippen LogP contribution in [0.15, 0.2) is 0 Å². The summed E-state index contributed by atoms with van der Waals surface area (Å²) >= 11 is 0. The first-order valence-corrected chi connectivity index (χ1v) is 8.40. The van der Waals surface area contributed by atoms with Gasteiger partial charge in [-0.2, -0.15) is 0 Å². The molecule has 0 aromatic heterocycles. The quantitative estimate of drug-likeness (QED) is 0.458. The van der Waals surface area contributed by atoms with E-state index in [1.807, 2.05) is 0 Å². The van der Waals surface area contributed by atoms with Crippen LogP contribution in [-0.2, 0) is 4.74 Å². The molecule has 0 aliphatic rings. The zero-order valence-electron chi connectivity index (χ0n) is 14.8. The fourth-order valence-electron chi connectivity index (χ4n) is 2.46. The Morgan fingerprint density at radius 2 is 1.00 bits per heavy atom. The van der Waals surface area contributed by atoms with E-state index in [1.54, 1.807) is 0 Å². The van der Waals surface area contributed by atoms with E-state index in [0.29, 0.717) is 12.2 Å². The number of ether oxygens (including phenoxy) is 1. The van der Waals surface area contributed by atoms with Crippen molar-refractivity contribution < 1.29 is 4.74 Å². The summed E-state index contributed by atoms with van der Waals surface area (Å²) in [7, 11) is 0. The van der Waals surface area contributed by atoms with Crippen LogP contribution >= 0.6 is 0 Å². The summed E-state index contributed by atoms with van der Waals surface area (Å²) in [5.74, 6) is 0. The van der Waals surface area contributed by atoms with Gasteiger partial charge in [-0.1, -0.05) is 68.2 Å². The lowest BCUT2D eigenvalue weighted by Crippen LogP contribution is -2.40. The van der Waals surface area contributed by atoms with E-state index in [9.17, 15) is 0 Å². The molecule has 0 radical (unpaired) electrons. The second kappa shape index (κ2) is 8.29. The minimum Gasteiger partial charge on any atom is -0.374 e.